The van der Waals surface area contributed by atoms with E-state index in [0.29, 0.717) is 0 Å². The Balaban J connectivity index is 0.00000141. The van der Waals surface area contributed by atoms with Crippen molar-refractivity contribution in [2.75, 3.05) is 21.3 Å². The van der Waals surface area contributed by atoms with Crippen LogP contribution in [0.1, 0.15) is 13.8 Å². The molecule has 0 aliphatic heterocycles. The quantitative estimate of drug-likeness (QED) is 0.315. The van der Waals surface area contributed by atoms with Crippen molar-refractivity contribution in [3.8, 4) is 50.6 Å². The zero-order valence-corrected chi connectivity index (χ0v) is 19.4. The molecule has 0 radical (unpaired) electrons. The summed E-state index contributed by atoms with van der Waals surface area (Å²) in [5, 5.41) is 0. The van der Waals surface area contributed by atoms with E-state index in [9.17, 15) is 0 Å². The maximum atomic E-state index is 6.00. The first-order chi connectivity index (χ1) is 15.8. The second-order valence-corrected chi connectivity index (χ2v) is 6.82. The molecule has 4 aromatic rings. The van der Waals surface area contributed by atoms with Crippen molar-refractivity contribution in [1.82, 2.24) is 0 Å². The molecule has 0 heterocycles. The summed E-state index contributed by atoms with van der Waals surface area (Å²) in [4.78, 5) is 0. The molecule has 0 spiro atoms. The van der Waals surface area contributed by atoms with E-state index in [1.54, 1.807) is 21.3 Å². The van der Waals surface area contributed by atoms with Crippen molar-refractivity contribution in [1.29, 1.82) is 0 Å². The van der Waals surface area contributed by atoms with E-state index in [4.69, 9.17) is 14.2 Å². The molecule has 0 saturated carbocycles. The fraction of sp³-hybridized carbons (Fsp3) is 0.172. The van der Waals surface area contributed by atoms with Gasteiger partial charge in [0.05, 0.1) is 38.0 Å². The second kappa shape index (κ2) is 11.1. The van der Waals surface area contributed by atoms with E-state index >= 15 is 0 Å². The third kappa shape index (κ3) is 4.33. The van der Waals surface area contributed by atoms with Gasteiger partial charge in [0, 0.05) is 0 Å². The minimum absolute atomic E-state index is 0.723. The smallest absolute Gasteiger partial charge is 0.142 e. The van der Waals surface area contributed by atoms with Gasteiger partial charge in [0.2, 0.25) is 0 Å². The topological polar surface area (TPSA) is 27.7 Å². The Morgan fingerprint density at radius 3 is 0.781 bits per heavy atom. The Hall–Kier alpha value is -3.72. The van der Waals surface area contributed by atoms with Crippen LogP contribution >= 0.6 is 0 Å². The summed E-state index contributed by atoms with van der Waals surface area (Å²) in [5.74, 6) is 2.17. The van der Waals surface area contributed by atoms with Crippen LogP contribution in [0.15, 0.2) is 91.0 Å². The minimum atomic E-state index is 0.723. The Kier molecular flexibility index (Phi) is 7.93. The summed E-state index contributed by atoms with van der Waals surface area (Å²) in [6, 6.07) is 30.5. The predicted molar refractivity (Wildman–Crippen MR) is 134 cm³/mol. The molecule has 4 aromatic carbocycles. The van der Waals surface area contributed by atoms with E-state index < -0.39 is 0 Å². The van der Waals surface area contributed by atoms with Gasteiger partial charge in [-0.1, -0.05) is 105 Å². The number of ether oxygens (including phenoxy) is 3. The lowest BCUT2D eigenvalue weighted by molar-refractivity contribution is 0.382. The van der Waals surface area contributed by atoms with Crippen LogP contribution < -0.4 is 14.2 Å². The van der Waals surface area contributed by atoms with Gasteiger partial charge < -0.3 is 14.2 Å². The van der Waals surface area contributed by atoms with E-state index in [-0.39, 0.29) is 0 Å². The molecule has 3 nitrogen and oxygen atoms in total. The average molecular weight is 427 g/mol. The van der Waals surface area contributed by atoms with Crippen molar-refractivity contribution < 1.29 is 14.2 Å². The zero-order chi connectivity index (χ0) is 22.9. The lowest BCUT2D eigenvalue weighted by Gasteiger charge is -2.24. The largest absolute Gasteiger partial charge is 0.495 e. The first kappa shape index (κ1) is 23.0. The molecule has 0 aliphatic carbocycles. The predicted octanol–water partition coefficient (Wildman–Crippen LogP) is 7.74. The molecule has 4 rings (SSSR count). The van der Waals surface area contributed by atoms with Crippen LogP contribution in [-0.4, -0.2) is 21.3 Å². The number of rotatable bonds is 6. The molecular weight excluding hydrogens is 396 g/mol. The molecule has 0 atom stereocenters. The molecule has 0 N–H and O–H groups in total. The number of hydrogen-bond donors (Lipinski definition) is 0. The van der Waals surface area contributed by atoms with Crippen molar-refractivity contribution in [2.24, 2.45) is 0 Å². The maximum Gasteiger partial charge on any atom is 0.142 e. The standard InChI is InChI=1S/C27H24O3.C2H6/c1-28-25-22(19-13-7-4-8-14-19)26(29-2)24(21-17-11-6-12-18-21)27(30-3)23(25)20-15-9-5-10-16-20;1-2/h4-18H,1-3H3;1-2H3. The molecule has 0 bridgehead atoms. The van der Waals surface area contributed by atoms with Crippen molar-refractivity contribution >= 4 is 0 Å². The van der Waals surface area contributed by atoms with Gasteiger partial charge in [-0.3, -0.25) is 0 Å². The van der Waals surface area contributed by atoms with Crippen LogP contribution in [0.25, 0.3) is 33.4 Å². The van der Waals surface area contributed by atoms with E-state index in [1.165, 1.54) is 0 Å². The van der Waals surface area contributed by atoms with Gasteiger partial charge in [0.25, 0.3) is 0 Å². The number of benzene rings is 4. The van der Waals surface area contributed by atoms with Gasteiger partial charge in [0.15, 0.2) is 0 Å². The van der Waals surface area contributed by atoms with Crippen LogP contribution in [0, 0.1) is 0 Å². The molecule has 0 aliphatic rings. The average Bonchev–Trinajstić information content (AvgIpc) is 2.89. The number of methoxy groups -OCH3 is 3. The van der Waals surface area contributed by atoms with Crippen LogP contribution in [-0.2, 0) is 0 Å². The SMILES string of the molecule is CC.COc1c(-c2ccccc2)c(OC)c(-c2ccccc2)c(OC)c1-c1ccccc1. The van der Waals surface area contributed by atoms with Crippen molar-refractivity contribution in [3.05, 3.63) is 91.0 Å². The molecule has 0 unspecified atom stereocenters. The molecule has 32 heavy (non-hydrogen) atoms. The normalized spacial score (nSPS) is 10.0. The van der Waals surface area contributed by atoms with E-state index in [2.05, 4.69) is 36.4 Å². The van der Waals surface area contributed by atoms with Gasteiger partial charge in [0.1, 0.15) is 17.2 Å². The van der Waals surface area contributed by atoms with E-state index in [0.717, 1.165) is 50.6 Å². The zero-order valence-electron chi connectivity index (χ0n) is 19.4. The highest BCUT2D eigenvalue weighted by Gasteiger charge is 2.28. The maximum absolute atomic E-state index is 6.00. The van der Waals surface area contributed by atoms with Gasteiger partial charge in [-0.05, 0) is 16.7 Å². The lowest BCUT2D eigenvalue weighted by atomic mass is 9.89. The van der Waals surface area contributed by atoms with Gasteiger partial charge in [-0.15, -0.1) is 0 Å². The first-order valence-electron chi connectivity index (χ1n) is 10.8. The Labute approximate surface area is 191 Å². The highest BCUT2D eigenvalue weighted by Crippen LogP contribution is 2.56. The highest BCUT2D eigenvalue weighted by atomic mass is 16.5. The van der Waals surface area contributed by atoms with Crippen LogP contribution in [0.3, 0.4) is 0 Å². The van der Waals surface area contributed by atoms with Crippen molar-refractivity contribution in [3.63, 3.8) is 0 Å². The van der Waals surface area contributed by atoms with Crippen LogP contribution in [0.2, 0.25) is 0 Å². The molecular formula is C29H30O3. The molecule has 3 heteroatoms. The van der Waals surface area contributed by atoms with Gasteiger partial charge in [-0.2, -0.15) is 0 Å². The summed E-state index contributed by atoms with van der Waals surface area (Å²) in [6.07, 6.45) is 0. The first-order valence-corrected chi connectivity index (χ1v) is 10.8. The summed E-state index contributed by atoms with van der Waals surface area (Å²) < 4.78 is 18.0. The van der Waals surface area contributed by atoms with Crippen molar-refractivity contribution in [2.45, 2.75) is 13.8 Å². The third-order valence-corrected chi connectivity index (χ3v) is 5.16. The van der Waals surface area contributed by atoms with Gasteiger partial charge >= 0.3 is 0 Å². The highest BCUT2D eigenvalue weighted by molar-refractivity contribution is 5.99. The minimum Gasteiger partial charge on any atom is -0.495 e. The third-order valence-electron chi connectivity index (χ3n) is 5.16. The molecule has 164 valence electrons. The fourth-order valence-corrected chi connectivity index (χ4v) is 3.90. The van der Waals surface area contributed by atoms with Crippen LogP contribution in [0.5, 0.6) is 17.2 Å². The van der Waals surface area contributed by atoms with Crippen LogP contribution in [0.4, 0.5) is 0 Å². The van der Waals surface area contributed by atoms with Gasteiger partial charge in [-0.25, -0.2) is 0 Å². The molecule has 0 saturated heterocycles. The Morgan fingerprint density at radius 2 is 0.594 bits per heavy atom. The molecule has 0 fully saturated rings. The second-order valence-electron chi connectivity index (χ2n) is 6.82. The Morgan fingerprint density at radius 1 is 0.375 bits per heavy atom. The van der Waals surface area contributed by atoms with E-state index in [1.807, 2.05) is 68.4 Å². The lowest BCUT2D eigenvalue weighted by Crippen LogP contribution is -2.02. The number of hydrogen-bond acceptors (Lipinski definition) is 3. The summed E-state index contributed by atoms with van der Waals surface area (Å²) in [5.41, 5.74) is 5.76. The fourth-order valence-electron chi connectivity index (χ4n) is 3.90. The monoisotopic (exact) mass is 426 g/mol. The summed E-state index contributed by atoms with van der Waals surface area (Å²) in [6.45, 7) is 4.00. The Bertz CT molecular complexity index is 954. The molecule has 0 amide bonds. The molecule has 0 aromatic heterocycles. The summed E-state index contributed by atoms with van der Waals surface area (Å²) in [7, 11) is 5.07. The summed E-state index contributed by atoms with van der Waals surface area (Å²) >= 11 is 0.